The molecule has 0 heterocycles. The first-order chi connectivity index (χ1) is 9.38. The molecule has 3 nitrogen and oxygen atoms in total. The molecule has 1 saturated carbocycles. The normalized spacial score (nSPS) is 44.8. The van der Waals surface area contributed by atoms with Crippen LogP contribution in [0.3, 0.4) is 0 Å². The molecule has 3 aliphatic rings. The van der Waals surface area contributed by atoms with Gasteiger partial charge >= 0.3 is 5.97 Å². The summed E-state index contributed by atoms with van der Waals surface area (Å²) in [5.41, 5.74) is 2.36. The molecule has 3 rings (SSSR count). The van der Waals surface area contributed by atoms with Gasteiger partial charge in [0.2, 0.25) is 0 Å². The predicted octanol–water partition coefficient (Wildman–Crippen LogP) is 3.52. The molecule has 4 atom stereocenters. The van der Waals surface area contributed by atoms with Crippen LogP contribution in [0.4, 0.5) is 0 Å². The second-order valence-corrected chi connectivity index (χ2v) is 7.56. The van der Waals surface area contributed by atoms with Gasteiger partial charge in [0.1, 0.15) is 0 Å². The first-order valence-electron chi connectivity index (χ1n) is 8.01. The fraction of sp³-hybridized carbons (Fsp3) is 0.824. The van der Waals surface area contributed by atoms with Crippen LogP contribution < -0.4 is 0 Å². The maximum Gasteiger partial charge on any atom is 0.309 e. The van der Waals surface area contributed by atoms with Crippen molar-refractivity contribution in [3.63, 3.8) is 0 Å². The van der Waals surface area contributed by atoms with Crippen molar-refractivity contribution < 1.29 is 15.0 Å². The van der Waals surface area contributed by atoms with E-state index in [1.54, 1.807) is 0 Å². The summed E-state index contributed by atoms with van der Waals surface area (Å²) in [4.78, 5) is 11.8. The molecule has 0 spiro atoms. The van der Waals surface area contributed by atoms with E-state index in [0.717, 1.165) is 51.4 Å². The van der Waals surface area contributed by atoms with E-state index in [1.807, 2.05) is 6.92 Å². The fourth-order valence-electron chi connectivity index (χ4n) is 5.33. The molecule has 0 amide bonds. The lowest BCUT2D eigenvalue weighted by molar-refractivity contribution is -0.159. The number of allylic oxidation sites excluding steroid dienone is 1. The quantitative estimate of drug-likeness (QED) is 0.722. The Morgan fingerprint density at radius 1 is 1.20 bits per heavy atom. The van der Waals surface area contributed by atoms with Gasteiger partial charge in [0, 0.05) is 0 Å². The number of carbonyl (C=O) groups is 1. The van der Waals surface area contributed by atoms with Crippen LogP contribution in [0.5, 0.6) is 0 Å². The topological polar surface area (TPSA) is 57.5 Å². The molecule has 1 fully saturated rings. The van der Waals surface area contributed by atoms with Crippen LogP contribution in [-0.4, -0.2) is 22.3 Å². The number of fused-ring (bicyclic) bond motifs is 2. The number of rotatable bonds is 1. The molecule has 0 bridgehead atoms. The lowest BCUT2D eigenvalue weighted by atomic mass is 9.48. The lowest BCUT2D eigenvalue weighted by Gasteiger charge is -2.55. The molecule has 0 aromatic rings. The molecule has 2 N–H and O–H groups in total. The van der Waals surface area contributed by atoms with Gasteiger partial charge in [0.15, 0.2) is 0 Å². The highest BCUT2D eigenvalue weighted by atomic mass is 16.4. The van der Waals surface area contributed by atoms with Gasteiger partial charge in [-0.05, 0) is 63.2 Å². The molecular formula is C17H26O3. The summed E-state index contributed by atoms with van der Waals surface area (Å²) in [6, 6.07) is 0. The average molecular weight is 278 g/mol. The van der Waals surface area contributed by atoms with Crippen LogP contribution in [-0.2, 0) is 4.79 Å². The summed E-state index contributed by atoms with van der Waals surface area (Å²) in [6.07, 6.45) is 7.39. The molecule has 20 heavy (non-hydrogen) atoms. The Morgan fingerprint density at radius 3 is 2.60 bits per heavy atom. The zero-order valence-corrected chi connectivity index (χ0v) is 12.6. The van der Waals surface area contributed by atoms with Crippen molar-refractivity contribution in [3.05, 3.63) is 11.1 Å². The van der Waals surface area contributed by atoms with E-state index < -0.39 is 11.4 Å². The molecule has 3 aliphatic carbocycles. The van der Waals surface area contributed by atoms with E-state index in [2.05, 4.69) is 6.92 Å². The van der Waals surface area contributed by atoms with Gasteiger partial charge in [0.25, 0.3) is 0 Å². The van der Waals surface area contributed by atoms with Gasteiger partial charge in [-0.2, -0.15) is 0 Å². The van der Waals surface area contributed by atoms with Crippen LogP contribution in [0.25, 0.3) is 0 Å². The summed E-state index contributed by atoms with van der Waals surface area (Å²) in [7, 11) is 0. The second kappa shape index (κ2) is 4.59. The largest absolute Gasteiger partial charge is 0.481 e. The van der Waals surface area contributed by atoms with Gasteiger partial charge in [-0.25, -0.2) is 0 Å². The molecule has 0 saturated heterocycles. The van der Waals surface area contributed by atoms with Crippen LogP contribution in [0.15, 0.2) is 11.1 Å². The summed E-state index contributed by atoms with van der Waals surface area (Å²) in [5.74, 6) is -0.404. The number of aliphatic hydroxyl groups excluding tert-OH is 1. The molecule has 3 heteroatoms. The Labute approximate surface area is 121 Å². The molecule has 0 aromatic heterocycles. The van der Waals surface area contributed by atoms with Crippen molar-refractivity contribution in [2.24, 2.45) is 16.7 Å². The monoisotopic (exact) mass is 278 g/mol. The highest BCUT2D eigenvalue weighted by molar-refractivity contribution is 5.75. The number of aliphatic carboxylic acids is 1. The lowest BCUT2D eigenvalue weighted by Crippen LogP contribution is -2.51. The van der Waals surface area contributed by atoms with Crippen LogP contribution in [0.2, 0.25) is 0 Å². The van der Waals surface area contributed by atoms with E-state index in [1.165, 1.54) is 11.1 Å². The Bertz CT molecular complexity index is 467. The zero-order valence-electron chi connectivity index (χ0n) is 12.6. The Kier molecular flexibility index (Phi) is 3.24. The van der Waals surface area contributed by atoms with Gasteiger partial charge in [-0.3, -0.25) is 4.79 Å². The third-order valence-corrected chi connectivity index (χ3v) is 6.49. The third-order valence-electron chi connectivity index (χ3n) is 6.49. The summed E-state index contributed by atoms with van der Waals surface area (Å²) < 4.78 is 0. The molecule has 112 valence electrons. The first kappa shape index (κ1) is 14.1. The number of carboxylic acid groups (broad SMARTS) is 1. The molecule has 0 radical (unpaired) electrons. The molecular weight excluding hydrogens is 252 g/mol. The minimum Gasteiger partial charge on any atom is -0.481 e. The van der Waals surface area contributed by atoms with Crippen molar-refractivity contribution in [3.8, 4) is 0 Å². The maximum atomic E-state index is 11.8. The number of hydrogen-bond acceptors (Lipinski definition) is 2. The van der Waals surface area contributed by atoms with Crippen LogP contribution in [0.1, 0.15) is 65.2 Å². The first-order valence-corrected chi connectivity index (χ1v) is 8.01. The Morgan fingerprint density at radius 2 is 1.90 bits per heavy atom. The van der Waals surface area contributed by atoms with E-state index in [9.17, 15) is 15.0 Å². The van der Waals surface area contributed by atoms with Gasteiger partial charge in [-0.1, -0.05) is 24.5 Å². The van der Waals surface area contributed by atoms with Crippen molar-refractivity contribution in [2.75, 3.05) is 0 Å². The standard InChI is InChI=1S/C17H26O3/c1-16-8-3-9-17(2,15(19)20)14(16)7-5-11-4-6-12(18)10-13(11)16/h12,14,18H,3-10H2,1-2H3,(H,19,20)/t12-,14+,16+,17-/m0/s1. The Balaban J connectivity index is 2.03. The Hall–Kier alpha value is -0.830. The minimum atomic E-state index is -0.631. The number of hydrogen-bond donors (Lipinski definition) is 2. The number of aliphatic hydroxyl groups is 1. The SMILES string of the molecule is C[C@]1(C(=O)O)CCC[C@]2(C)C3=C(CC[C@H](O)C3)CC[C@@H]12. The summed E-state index contributed by atoms with van der Waals surface area (Å²) in [6.45, 7) is 4.22. The molecule has 0 aromatic carbocycles. The van der Waals surface area contributed by atoms with Crippen molar-refractivity contribution in [1.29, 1.82) is 0 Å². The second-order valence-electron chi connectivity index (χ2n) is 7.56. The summed E-state index contributed by atoms with van der Waals surface area (Å²) in [5, 5.41) is 19.8. The predicted molar refractivity (Wildman–Crippen MR) is 77.3 cm³/mol. The highest BCUT2D eigenvalue weighted by Gasteiger charge is 2.56. The van der Waals surface area contributed by atoms with Gasteiger partial charge in [0.05, 0.1) is 11.5 Å². The smallest absolute Gasteiger partial charge is 0.309 e. The van der Waals surface area contributed by atoms with Crippen LogP contribution >= 0.6 is 0 Å². The molecule has 0 aliphatic heterocycles. The van der Waals surface area contributed by atoms with Gasteiger partial charge in [-0.15, -0.1) is 0 Å². The number of carboxylic acids is 1. The van der Waals surface area contributed by atoms with Crippen molar-refractivity contribution in [2.45, 2.75) is 71.3 Å². The van der Waals surface area contributed by atoms with E-state index in [4.69, 9.17) is 0 Å². The van der Waals surface area contributed by atoms with Crippen molar-refractivity contribution in [1.82, 2.24) is 0 Å². The van der Waals surface area contributed by atoms with E-state index >= 15 is 0 Å². The fourth-order valence-corrected chi connectivity index (χ4v) is 5.33. The van der Waals surface area contributed by atoms with E-state index in [-0.39, 0.29) is 17.4 Å². The highest BCUT2D eigenvalue weighted by Crippen LogP contribution is 2.61. The minimum absolute atomic E-state index is 0.000370. The maximum absolute atomic E-state index is 11.8. The van der Waals surface area contributed by atoms with E-state index in [0.29, 0.717) is 0 Å². The average Bonchev–Trinajstić information content (AvgIpc) is 2.39. The van der Waals surface area contributed by atoms with Crippen LogP contribution in [0, 0.1) is 16.7 Å². The zero-order chi connectivity index (χ0) is 14.5. The van der Waals surface area contributed by atoms with Gasteiger partial charge < -0.3 is 10.2 Å². The third kappa shape index (κ3) is 1.86. The summed E-state index contributed by atoms with van der Waals surface area (Å²) >= 11 is 0. The molecule has 0 unspecified atom stereocenters. The van der Waals surface area contributed by atoms with Crippen molar-refractivity contribution >= 4 is 5.97 Å².